The van der Waals surface area contributed by atoms with Gasteiger partial charge >= 0.3 is 0 Å². The molecule has 0 aromatic carbocycles. The second-order valence-corrected chi connectivity index (χ2v) is 2.16. The molecule has 2 rings (SSSR count). The SMILES string of the molecule is O=c1[nH]cnc2c1C=CCO2. The van der Waals surface area contributed by atoms with Crippen molar-refractivity contribution in [1.29, 1.82) is 0 Å². The standard InChI is InChI=1S/C7H6N2O2/c10-6-5-2-1-3-11-7(5)9-4-8-6/h1-2,4H,3H2,(H,8,9,10). The molecule has 4 nitrogen and oxygen atoms in total. The molecule has 1 N–H and O–H groups in total. The van der Waals surface area contributed by atoms with Gasteiger partial charge in [-0.1, -0.05) is 0 Å². The highest BCUT2D eigenvalue weighted by Gasteiger charge is 2.08. The van der Waals surface area contributed by atoms with Gasteiger partial charge < -0.3 is 9.72 Å². The molecule has 0 saturated heterocycles. The number of nitrogens with zero attached hydrogens (tertiary/aromatic N) is 1. The third-order valence-corrected chi connectivity index (χ3v) is 1.45. The van der Waals surface area contributed by atoms with Gasteiger partial charge in [0.05, 0.1) is 6.33 Å². The van der Waals surface area contributed by atoms with Crippen LogP contribution >= 0.6 is 0 Å². The van der Waals surface area contributed by atoms with E-state index in [2.05, 4.69) is 9.97 Å². The molecular formula is C7H6N2O2. The molecule has 0 atom stereocenters. The molecule has 0 saturated carbocycles. The van der Waals surface area contributed by atoms with Gasteiger partial charge in [-0.05, 0) is 12.2 Å². The van der Waals surface area contributed by atoms with Gasteiger partial charge in [-0.3, -0.25) is 4.79 Å². The number of H-pyrrole nitrogens is 1. The highest BCUT2D eigenvalue weighted by Crippen LogP contribution is 2.14. The first kappa shape index (κ1) is 6.15. The Morgan fingerprint density at radius 1 is 1.64 bits per heavy atom. The molecule has 0 fully saturated rings. The largest absolute Gasteiger partial charge is 0.473 e. The van der Waals surface area contributed by atoms with Crippen molar-refractivity contribution in [2.45, 2.75) is 0 Å². The average molecular weight is 150 g/mol. The lowest BCUT2D eigenvalue weighted by Crippen LogP contribution is -2.15. The maximum absolute atomic E-state index is 11.0. The first-order valence-electron chi connectivity index (χ1n) is 3.25. The van der Waals surface area contributed by atoms with Crippen molar-refractivity contribution < 1.29 is 4.74 Å². The van der Waals surface area contributed by atoms with Crippen LogP contribution in [0.3, 0.4) is 0 Å². The maximum atomic E-state index is 11.0. The van der Waals surface area contributed by atoms with Crippen LogP contribution in [0.25, 0.3) is 6.08 Å². The van der Waals surface area contributed by atoms with Crippen LogP contribution in [-0.2, 0) is 0 Å². The van der Waals surface area contributed by atoms with Gasteiger partial charge in [0.25, 0.3) is 5.56 Å². The van der Waals surface area contributed by atoms with Crippen molar-refractivity contribution in [3.8, 4) is 5.88 Å². The summed E-state index contributed by atoms with van der Waals surface area (Å²) in [5.41, 5.74) is 0.338. The molecule has 0 radical (unpaired) electrons. The average Bonchev–Trinajstić information content (AvgIpc) is 2.06. The molecule has 0 spiro atoms. The summed E-state index contributed by atoms with van der Waals surface area (Å²) in [4.78, 5) is 17.3. The van der Waals surface area contributed by atoms with Gasteiger partial charge in [-0.25, -0.2) is 4.98 Å². The second-order valence-electron chi connectivity index (χ2n) is 2.16. The van der Waals surface area contributed by atoms with Gasteiger partial charge in [0.15, 0.2) is 0 Å². The molecule has 4 heteroatoms. The van der Waals surface area contributed by atoms with E-state index in [1.54, 1.807) is 12.2 Å². The number of fused-ring (bicyclic) bond motifs is 1. The summed E-state index contributed by atoms with van der Waals surface area (Å²) in [6, 6.07) is 0. The van der Waals surface area contributed by atoms with Gasteiger partial charge in [0, 0.05) is 0 Å². The topological polar surface area (TPSA) is 55.0 Å². The first-order chi connectivity index (χ1) is 5.38. The number of aromatic amines is 1. The third kappa shape index (κ3) is 0.920. The predicted molar refractivity (Wildman–Crippen MR) is 39.4 cm³/mol. The van der Waals surface area contributed by atoms with Crippen molar-refractivity contribution in [3.05, 3.63) is 28.3 Å². The Hall–Kier alpha value is -1.58. The zero-order chi connectivity index (χ0) is 7.68. The molecule has 1 aromatic rings. The molecule has 0 unspecified atom stereocenters. The van der Waals surface area contributed by atoms with E-state index < -0.39 is 0 Å². The fourth-order valence-corrected chi connectivity index (χ4v) is 0.949. The lowest BCUT2D eigenvalue weighted by Gasteiger charge is -2.07. The Morgan fingerprint density at radius 3 is 3.36 bits per heavy atom. The smallest absolute Gasteiger partial charge is 0.261 e. The van der Waals surface area contributed by atoms with E-state index in [1.165, 1.54) is 6.33 Å². The zero-order valence-corrected chi connectivity index (χ0v) is 5.70. The minimum absolute atomic E-state index is 0.161. The molecule has 0 bridgehead atoms. The van der Waals surface area contributed by atoms with Crippen molar-refractivity contribution >= 4 is 6.08 Å². The molecule has 2 heterocycles. The summed E-state index contributed by atoms with van der Waals surface area (Å²) >= 11 is 0. The molecule has 56 valence electrons. The number of ether oxygens (including phenoxy) is 1. The van der Waals surface area contributed by atoms with Gasteiger partial charge in [-0.2, -0.15) is 0 Å². The van der Waals surface area contributed by atoms with E-state index in [1.807, 2.05) is 0 Å². The summed E-state index contributed by atoms with van der Waals surface area (Å²) in [7, 11) is 0. The number of hydrogen-bond donors (Lipinski definition) is 1. The van der Waals surface area contributed by atoms with Crippen LogP contribution in [-0.4, -0.2) is 16.6 Å². The van der Waals surface area contributed by atoms with Gasteiger partial charge in [-0.15, -0.1) is 0 Å². The minimum atomic E-state index is -0.161. The maximum Gasteiger partial charge on any atom is 0.261 e. The number of rotatable bonds is 0. The Morgan fingerprint density at radius 2 is 2.55 bits per heavy atom. The van der Waals surface area contributed by atoms with Crippen LogP contribution in [0.15, 0.2) is 17.2 Å². The van der Waals surface area contributed by atoms with E-state index in [-0.39, 0.29) is 5.56 Å². The number of nitrogens with one attached hydrogen (secondary N) is 1. The summed E-state index contributed by atoms with van der Waals surface area (Å²) in [6.45, 7) is 0.490. The second kappa shape index (κ2) is 2.23. The van der Waals surface area contributed by atoms with Crippen LogP contribution in [0.4, 0.5) is 0 Å². The van der Waals surface area contributed by atoms with Gasteiger partial charge in [0.1, 0.15) is 12.2 Å². The lowest BCUT2D eigenvalue weighted by molar-refractivity contribution is 0.342. The van der Waals surface area contributed by atoms with Gasteiger partial charge in [0.2, 0.25) is 5.88 Å². The quantitative estimate of drug-likeness (QED) is 0.573. The third-order valence-electron chi connectivity index (χ3n) is 1.45. The first-order valence-corrected chi connectivity index (χ1v) is 3.25. The minimum Gasteiger partial charge on any atom is -0.473 e. The predicted octanol–water partition coefficient (Wildman–Crippen LogP) is 0.176. The normalized spacial score (nSPS) is 13.8. The zero-order valence-electron chi connectivity index (χ0n) is 5.70. The Balaban J connectivity index is 2.70. The molecule has 1 aromatic heterocycles. The summed E-state index contributed by atoms with van der Waals surface area (Å²) in [5, 5.41) is 0. The molecule has 1 aliphatic rings. The van der Waals surface area contributed by atoms with Crippen LogP contribution in [0.2, 0.25) is 0 Å². The number of aromatic nitrogens is 2. The van der Waals surface area contributed by atoms with Crippen molar-refractivity contribution in [2.75, 3.05) is 6.61 Å². The molecule has 0 amide bonds. The monoisotopic (exact) mass is 150 g/mol. The molecule has 11 heavy (non-hydrogen) atoms. The highest BCUT2D eigenvalue weighted by atomic mass is 16.5. The number of hydrogen-bond acceptors (Lipinski definition) is 3. The Labute approximate surface area is 62.5 Å². The molecule has 1 aliphatic heterocycles. The van der Waals surface area contributed by atoms with Crippen LogP contribution in [0.1, 0.15) is 5.56 Å². The van der Waals surface area contributed by atoms with E-state index >= 15 is 0 Å². The van der Waals surface area contributed by atoms with Crippen molar-refractivity contribution in [1.82, 2.24) is 9.97 Å². The summed E-state index contributed by atoms with van der Waals surface area (Å²) in [6.07, 6.45) is 4.82. The fraction of sp³-hybridized carbons (Fsp3) is 0.143. The Bertz CT molecular complexity index is 354. The lowest BCUT2D eigenvalue weighted by atomic mass is 10.2. The highest BCUT2D eigenvalue weighted by molar-refractivity contribution is 5.55. The van der Waals surface area contributed by atoms with E-state index in [0.717, 1.165) is 0 Å². The summed E-state index contributed by atoms with van der Waals surface area (Å²) in [5.74, 6) is 0.413. The molecule has 0 aliphatic carbocycles. The van der Waals surface area contributed by atoms with Crippen LogP contribution < -0.4 is 10.3 Å². The fourth-order valence-electron chi connectivity index (χ4n) is 0.949. The van der Waals surface area contributed by atoms with Crippen LogP contribution in [0, 0.1) is 0 Å². The van der Waals surface area contributed by atoms with Crippen molar-refractivity contribution in [3.63, 3.8) is 0 Å². The Kier molecular flexibility index (Phi) is 1.25. The van der Waals surface area contributed by atoms with E-state index in [0.29, 0.717) is 18.1 Å². The van der Waals surface area contributed by atoms with Crippen LogP contribution in [0.5, 0.6) is 5.88 Å². The summed E-state index contributed by atoms with van der Waals surface area (Å²) < 4.78 is 5.09. The van der Waals surface area contributed by atoms with Crippen molar-refractivity contribution in [2.24, 2.45) is 0 Å². The van der Waals surface area contributed by atoms with E-state index in [9.17, 15) is 4.79 Å². The van der Waals surface area contributed by atoms with E-state index in [4.69, 9.17) is 4.74 Å². The molecular weight excluding hydrogens is 144 g/mol.